The number of nitrogens with two attached hydrogens (primary N) is 1. The molecule has 0 spiro atoms. The van der Waals surface area contributed by atoms with Crippen LogP contribution in [0.15, 0.2) is 35.6 Å². The van der Waals surface area contributed by atoms with Crippen LogP contribution < -0.4 is 5.73 Å². The molecule has 19 heavy (non-hydrogen) atoms. The predicted octanol–water partition coefficient (Wildman–Crippen LogP) is 1.33. The molecular weight excluding hydrogens is 286 g/mol. The summed E-state index contributed by atoms with van der Waals surface area (Å²) < 4.78 is 13.6. The number of hydrogen-bond donors (Lipinski definition) is 1. The Morgan fingerprint density at radius 2 is 2.05 bits per heavy atom. The normalized spacial score (nSPS) is 12.3. The second-order valence-electron chi connectivity index (χ2n) is 3.95. The first-order valence-corrected chi connectivity index (χ1v) is 7.13. The lowest BCUT2D eigenvalue weighted by atomic mass is 10.2. The fraction of sp³-hybridized carbons (Fsp3) is 0.167. The van der Waals surface area contributed by atoms with Crippen LogP contribution in [0.2, 0.25) is 5.02 Å². The van der Waals surface area contributed by atoms with Crippen molar-refractivity contribution in [2.75, 3.05) is 5.75 Å². The fourth-order valence-electron chi connectivity index (χ4n) is 1.69. The van der Waals surface area contributed by atoms with Gasteiger partial charge in [-0.15, -0.1) is 0 Å². The van der Waals surface area contributed by atoms with E-state index in [1.54, 1.807) is 29.9 Å². The van der Waals surface area contributed by atoms with E-state index in [0.717, 1.165) is 11.3 Å². The molecule has 1 aromatic heterocycles. The molecule has 0 radical (unpaired) electrons. The van der Waals surface area contributed by atoms with Gasteiger partial charge in [0.05, 0.1) is 22.7 Å². The summed E-state index contributed by atoms with van der Waals surface area (Å²) in [5.41, 5.74) is 6.73. The highest BCUT2D eigenvalue weighted by Crippen LogP contribution is 2.22. The molecule has 0 fully saturated rings. The number of primary amides is 1. The minimum Gasteiger partial charge on any atom is -0.369 e. The molecule has 0 saturated heterocycles. The van der Waals surface area contributed by atoms with Crippen molar-refractivity contribution in [3.63, 3.8) is 0 Å². The third-order valence-electron chi connectivity index (χ3n) is 2.56. The van der Waals surface area contributed by atoms with Gasteiger partial charge in [-0.05, 0) is 17.7 Å². The van der Waals surface area contributed by atoms with E-state index < -0.39 is 16.7 Å². The summed E-state index contributed by atoms with van der Waals surface area (Å²) in [7, 11) is 0.210. The topological polar surface area (TPSA) is 78.0 Å². The number of amides is 1. The standard InChI is InChI=1S/C12H12ClN3O2S/c1-16-10(8-2-4-9(13)5-3-8)6-15-12(16)19(18)7-11(14)17/h2-6H,7H2,1H3,(H2,14,17). The van der Waals surface area contributed by atoms with Gasteiger partial charge in [-0.25, -0.2) is 4.98 Å². The van der Waals surface area contributed by atoms with Crippen LogP contribution in [-0.4, -0.2) is 25.4 Å². The van der Waals surface area contributed by atoms with E-state index in [2.05, 4.69) is 4.98 Å². The van der Waals surface area contributed by atoms with Gasteiger partial charge in [0, 0.05) is 12.1 Å². The van der Waals surface area contributed by atoms with Crippen molar-refractivity contribution < 1.29 is 9.00 Å². The molecule has 0 aliphatic carbocycles. The second kappa shape index (κ2) is 5.54. The zero-order valence-electron chi connectivity index (χ0n) is 10.2. The molecule has 100 valence electrons. The van der Waals surface area contributed by atoms with Gasteiger partial charge in [0.2, 0.25) is 5.91 Å². The SMILES string of the molecule is Cn1c(-c2ccc(Cl)cc2)cnc1S(=O)CC(N)=O. The van der Waals surface area contributed by atoms with E-state index >= 15 is 0 Å². The van der Waals surface area contributed by atoms with Crippen LogP contribution in [0.3, 0.4) is 0 Å². The zero-order valence-corrected chi connectivity index (χ0v) is 11.7. The summed E-state index contributed by atoms with van der Waals surface area (Å²) in [5.74, 6) is -0.848. The first-order chi connectivity index (χ1) is 8.99. The molecular formula is C12H12ClN3O2S. The van der Waals surface area contributed by atoms with Crippen molar-refractivity contribution in [2.45, 2.75) is 5.16 Å². The minimum absolute atomic E-state index is 0.231. The molecule has 1 atom stereocenters. The van der Waals surface area contributed by atoms with Crippen LogP contribution in [0.4, 0.5) is 0 Å². The maximum absolute atomic E-state index is 11.9. The van der Waals surface area contributed by atoms with E-state index in [9.17, 15) is 9.00 Å². The molecule has 2 N–H and O–H groups in total. The summed E-state index contributed by atoms with van der Waals surface area (Å²) in [4.78, 5) is 14.9. The first kappa shape index (κ1) is 13.8. The van der Waals surface area contributed by atoms with Crippen LogP contribution in [-0.2, 0) is 22.6 Å². The summed E-state index contributed by atoms with van der Waals surface area (Å²) in [6.07, 6.45) is 1.61. The highest BCUT2D eigenvalue weighted by Gasteiger charge is 2.15. The Morgan fingerprint density at radius 1 is 1.42 bits per heavy atom. The summed E-state index contributed by atoms with van der Waals surface area (Å²) in [6, 6.07) is 7.23. The molecule has 1 aromatic carbocycles. The van der Waals surface area contributed by atoms with Gasteiger partial charge in [0.25, 0.3) is 0 Å². The Bertz CT molecular complexity index is 637. The first-order valence-electron chi connectivity index (χ1n) is 5.43. The van der Waals surface area contributed by atoms with Gasteiger partial charge < -0.3 is 10.3 Å². The molecule has 1 amide bonds. The lowest BCUT2D eigenvalue weighted by Gasteiger charge is -2.05. The number of nitrogens with zero attached hydrogens (tertiary/aromatic N) is 2. The van der Waals surface area contributed by atoms with E-state index in [0.29, 0.717) is 10.2 Å². The number of benzene rings is 1. The molecule has 1 unspecified atom stereocenters. The predicted molar refractivity (Wildman–Crippen MR) is 74.1 cm³/mol. The number of carbonyl (C=O) groups is 1. The molecule has 2 aromatic rings. The van der Waals surface area contributed by atoms with Gasteiger partial charge in [0.1, 0.15) is 5.75 Å². The quantitative estimate of drug-likeness (QED) is 0.925. The zero-order chi connectivity index (χ0) is 14.0. The van der Waals surface area contributed by atoms with Crippen LogP contribution in [0.25, 0.3) is 11.3 Å². The monoisotopic (exact) mass is 297 g/mol. The van der Waals surface area contributed by atoms with E-state index in [-0.39, 0.29) is 5.75 Å². The van der Waals surface area contributed by atoms with Gasteiger partial charge in [-0.2, -0.15) is 0 Å². The fourth-order valence-corrected chi connectivity index (χ4v) is 2.77. The number of rotatable bonds is 4. The average Bonchev–Trinajstić information content (AvgIpc) is 2.71. The number of carbonyl (C=O) groups excluding carboxylic acids is 1. The largest absolute Gasteiger partial charge is 0.369 e. The lowest BCUT2D eigenvalue weighted by molar-refractivity contribution is -0.115. The summed E-state index contributed by atoms with van der Waals surface area (Å²) in [5, 5.41) is 0.965. The van der Waals surface area contributed by atoms with Crippen molar-refractivity contribution >= 4 is 28.3 Å². The van der Waals surface area contributed by atoms with Gasteiger partial charge in [-0.3, -0.25) is 9.00 Å². The molecule has 7 heteroatoms. The number of aromatic nitrogens is 2. The number of imidazole rings is 1. The van der Waals surface area contributed by atoms with Gasteiger partial charge in [-0.1, -0.05) is 23.7 Å². The van der Waals surface area contributed by atoms with Crippen molar-refractivity contribution in [1.82, 2.24) is 9.55 Å². The molecule has 0 bridgehead atoms. The van der Waals surface area contributed by atoms with E-state index in [1.807, 2.05) is 12.1 Å². The highest BCUT2D eigenvalue weighted by molar-refractivity contribution is 7.85. The Labute approximate surface area is 117 Å². The Morgan fingerprint density at radius 3 is 2.63 bits per heavy atom. The van der Waals surface area contributed by atoms with Crippen molar-refractivity contribution in [3.05, 3.63) is 35.5 Å². The Hall–Kier alpha value is -1.66. The van der Waals surface area contributed by atoms with Crippen LogP contribution >= 0.6 is 11.6 Å². The van der Waals surface area contributed by atoms with Crippen molar-refractivity contribution in [1.29, 1.82) is 0 Å². The Balaban J connectivity index is 2.35. The summed E-state index contributed by atoms with van der Waals surface area (Å²) in [6.45, 7) is 0. The number of hydrogen-bond acceptors (Lipinski definition) is 3. The Kier molecular flexibility index (Phi) is 4.01. The molecule has 1 heterocycles. The van der Waals surface area contributed by atoms with E-state index in [1.165, 1.54) is 0 Å². The third kappa shape index (κ3) is 3.02. The third-order valence-corrected chi connectivity index (χ3v) is 4.15. The minimum atomic E-state index is -1.53. The lowest BCUT2D eigenvalue weighted by Crippen LogP contribution is -2.21. The van der Waals surface area contributed by atoms with Crippen molar-refractivity contribution in [2.24, 2.45) is 12.8 Å². The molecule has 0 saturated carbocycles. The summed E-state index contributed by atoms with van der Waals surface area (Å²) >= 11 is 5.83. The van der Waals surface area contributed by atoms with Gasteiger partial charge in [0.15, 0.2) is 5.16 Å². The highest BCUT2D eigenvalue weighted by atomic mass is 35.5. The molecule has 5 nitrogen and oxygen atoms in total. The molecule has 0 aliphatic heterocycles. The van der Waals surface area contributed by atoms with E-state index in [4.69, 9.17) is 17.3 Å². The van der Waals surface area contributed by atoms with Crippen molar-refractivity contribution in [3.8, 4) is 11.3 Å². The molecule has 2 rings (SSSR count). The van der Waals surface area contributed by atoms with Gasteiger partial charge >= 0.3 is 0 Å². The maximum atomic E-state index is 11.9. The van der Waals surface area contributed by atoms with Crippen LogP contribution in [0.1, 0.15) is 0 Å². The maximum Gasteiger partial charge on any atom is 0.230 e. The average molecular weight is 298 g/mol. The smallest absolute Gasteiger partial charge is 0.230 e. The van der Waals surface area contributed by atoms with Crippen LogP contribution in [0, 0.1) is 0 Å². The number of halogens is 1. The molecule has 0 aliphatic rings. The van der Waals surface area contributed by atoms with Crippen LogP contribution in [0.5, 0.6) is 0 Å². The second-order valence-corrected chi connectivity index (χ2v) is 5.73.